The van der Waals surface area contributed by atoms with E-state index >= 15 is 0 Å². The third kappa shape index (κ3) is 3.97. The molecule has 1 heterocycles. The lowest BCUT2D eigenvalue weighted by Crippen LogP contribution is -2.11. The van der Waals surface area contributed by atoms with E-state index in [9.17, 15) is 9.18 Å². The zero-order valence-electron chi connectivity index (χ0n) is 12.4. The van der Waals surface area contributed by atoms with Gasteiger partial charge in [-0.1, -0.05) is 38.6 Å². The molecule has 0 amide bonds. The number of rotatable bonds is 5. The topological polar surface area (TPSA) is 55.1 Å². The van der Waals surface area contributed by atoms with Gasteiger partial charge in [0.05, 0.1) is 11.3 Å². The summed E-state index contributed by atoms with van der Waals surface area (Å²) in [6, 6.07) is 4.84. The van der Waals surface area contributed by atoms with E-state index in [1.807, 2.05) is 10.6 Å². The van der Waals surface area contributed by atoms with Crippen molar-refractivity contribution in [1.82, 2.24) is 9.55 Å². The quantitative estimate of drug-likeness (QED) is 0.854. The lowest BCUT2D eigenvalue weighted by atomic mass is 9.92. The van der Waals surface area contributed by atoms with E-state index in [1.165, 1.54) is 6.07 Å². The molecule has 0 aliphatic carbocycles. The Bertz CT molecular complexity index is 661. The van der Waals surface area contributed by atoms with Crippen LogP contribution in [0.3, 0.4) is 0 Å². The summed E-state index contributed by atoms with van der Waals surface area (Å²) in [6.45, 7) is 7.09. The molecule has 2 rings (SSSR count). The minimum atomic E-state index is -0.908. The minimum Gasteiger partial charge on any atom is -0.481 e. The van der Waals surface area contributed by atoms with Crippen LogP contribution < -0.4 is 0 Å². The maximum absolute atomic E-state index is 13.9. The van der Waals surface area contributed by atoms with Crippen LogP contribution in [-0.2, 0) is 11.3 Å². The summed E-state index contributed by atoms with van der Waals surface area (Å²) in [6.07, 6.45) is 0.898. The van der Waals surface area contributed by atoms with Crippen LogP contribution in [0, 0.1) is 11.2 Å². The summed E-state index contributed by atoms with van der Waals surface area (Å²) >= 11 is 1.13. The molecule has 0 saturated carbocycles. The number of thioether (sulfide) groups is 1. The smallest absolute Gasteiger partial charge is 0.313 e. The molecule has 114 valence electrons. The van der Waals surface area contributed by atoms with Crippen LogP contribution in [0.5, 0.6) is 0 Å². The highest BCUT2D eigenvalue weighted by atomic mass is 32.2. The number of fused-ring (bicyclic) bond motifs is 1. The number of aryl methyl sites for hydroxylation is 1. The van der Waals surface area contributed by atoms with Crippen LogP contribution in [0.25, 0.3) is 11.0 Å². The van der Waals surface area contributed by atoms with Gasteiger partial charge in [0.2, 0.25) is 0 Å². The fraction of sp³-hybridized carbons (Fsp3) is 0.467. The number of halogens is 1. The molecular formula is C15H19FN2O2S. The highest BCUT2D eigenvalue weighted by Crippen LogP contribution is 2.28. The van der Waals surface area contributed by atoms with Crippen LogP contribution in [0.15, 0.2) is 23.4 Å². The molecule has 0 spiro atoms. The Morgan fingerprint density at radius 2 is 2.14 bits per heavy atom. The zero-order chi connectivity index (χ0) is 15.6. The predicted molar refractivity (Wildman–Crippen MR) is 82.1 cm³/mol. The molecule has 0 aliphatic rings. The molecule has 0 saturated heterocycles. The first-order chi connectivity index (χ1) is 9.78. The second-order valence-corrected chi connectivity index (χ2v) is 7.09. The van der Waals surface area contributed by atoms with Gasteiger partial charge in [-0.2, -0.15) is 0 Å². The summed E-state index contributed by atoms with van der Waals surface area (Å²) < 4.78 is 15.8. The zero-order valence-corrected chi connectivity index (χ0v) is 13.2. The number of aliphatic carboxylic acids is 1. The third-order valence-electron chi connectivity index (χ3n) is 3.10. The fourth-order valence-corrected chi connectivity index (χ4v) is 2.75. The van der Waals surface area contributed by atoms with Crippen molar-refractivity contribution in [3.05, 3.63) is 24.0 Å². The molecule has 1 aromatic heterocycles. The third-order valence-corrected chi connectivity index (χ3v) is 4.07. The largest absolute Gasteiger partial charge is 0.481 e. The second-order valence-electron chi connectivity index (χ2n) is 6.15. The van der Waals surface area contributed by atoms with Gasteiger partial charge >= 0.3 is 5.97 Å². The van der Waals surface area contributed by atoms with Crippen LogP contribution in [0.1, 0.15) is 27.2 Å². The molecular weight excluding hydrogens is 291 g/mol. The van der Waals surface area contributed by atoms with E-state index in [4.69, 9.17) is 5.11 Å². The van der Waals surface area contributed by atoms with Gasteiger partial charge < -0.3 is 9.67 Å². The van der Waals surface area contributed by atoms with Crippen molar-refractivity contribution in [1.29, 1.82) is 0 Å². The molecule has 0 fully saturated rings. The van der Waals surface area contributed by atoms with E-state index in [0.29, 0.717) is 22.7 Å². The van der Waals surface area contributed by atoms with Gasteiger partial charge in [0.25, 0.3) is 0 Å². The van der Waals surface area contributed by atoms with Gasteiger partial charge in [-0.05, 0) is 24.0 Å². The van der Waals surface area contributed by atoms with Gasteiger partial charge in [-0.25, -0.2) is 9.37 Å². The average molecular weight is 310 g/mol. The van der Waals surface area contributed by atoms with Gasteiger partial charge in [0.1, 0.15) is 5.52 Å². The molecule has 0 bridgehead atoms. The van der Waals surface area contributed by atoms with Crippen molar-refractivity contribution < 1.29 is 14.3 Å². The fourth-order valence-electron chi connectivity index (χ4n) is 1.99. The molecule has 1 aromatic carbocycles. The summed E-state index contributed by atoms with van der Waals surface area (Å²) in [5.74, 6) is -1.37. The van der Waals surface area contributed by atoms with E-state index in [0.717, 1.165) is 18.2 Å². The molecule has 21 heavy (non-hydrogen) atoms. The second kappa shape index (κ2) is 6.05. The first kappa shape index (κ1) is 15.8. The molecule has 0 atom stereocenters. The van der Waals surface area contributed by atoms with Crippen molar-refractivity contribution in [3.63, 3.8) is 0 Å². The molecule has 0 radical (unpaired) electrons. The number of carboxylic acid groups (broad SMARTS) is 1. The number of carboxylic acids is 1. The van der Waals surface area contributed by atoms with Crippen LogP contribution in [0.2, 0.25) is 0 Å². The standard InChI is InChI=1S/C15H19FN2O2S/c1-15(2,3)7-8-18-11-6-4-5-10(16)13(11)17-14(18)21-9-12(19)20/h4-6H,7-9H2,1-3H3,(H,19,20). The summed E-state index contributed by atoms with van der Waals surface area (Å²) in [4.78, 5) is 15.0. The van der Waals surface area contributed by atoms with Crippen LogP contribution in [0.4, 0.5) is 4.39 Å². The van der Waals surface area contributed by atoms with Gasteiger partial charge in [0, 0.05) is 6.54 Å². The minimum absolute atomic E-state index is 0.0829. The van der Waals surface area contributed by atoms with Gasteiger partial charge in [0.15, 0.2) is 11.0 Å². The van der Waals surface area contributed by atoms with E-state index in [2.05, 4.69) is 25.8 Å². The van der Waals surface area contributed by atoms with E-state index in [-0.39, 0.29) is 17.0 Å². The summed E-state index contributed by atoms with van der Waals surface area (Å²) in [5, 5.41) is 9.38. The Kier molecular flexibility index (Phi) is 4.56. The number of nitrogens with zero attached hydrogens (tertiary/aromatic N) is 2. The molecule has 6 heteroatoms. The van der Waals surface area contributed by atoms with E-state index in [1.54, 1.807) is 6.07 Å². The number of hydrogen-bond donors (Lipinski definition) is 1. The van der Waals surface area contributed by atoms with Crippen LogP contribution >= 0.6 is 11.8 Å². The highest BCUT2D eigenvalue weighted by molar-refractivity contribution is 7.99. The molecule has 1 N–H and O–H groups in total. The number of benzene rings is 1. The predicted octanol–water partition coefficient (Wildman–Crippen LogP) is 3.79. The molecule has 0 unspecified atom stereocenters. The monoisotopic (exact) mass is 310 g/mol. The number of carbonyl (C=O) groups is 1. The van der Waals surface area contributed by atoms with Crippen LogP contribution in [-0.4, -0.2) is 26.4 Å². The Labute approximate surface area is 127 Å². The first-order valence-corrected chi connectivity index (χ1v) is 7.76. The lowest BCUT2D eigenvalue weighted by molar-refractivity contribution is -0.133. The molecule has 0 aliphatic heterocycles. The Morgan fingerprint density at radius 3 is 2.76 bits per heavy atom. The van der Waals surface area contributed by atoms with Crippen molar-refractivity contribution in [3.8, 4) is 0 Å². The maximum atomic E-state index is 13.9. The highest BCUT2D eigenvalue weighted by Gasteiger charge is 2.17. The summed E-state index contributed by atoms with van der Waals surface area (Å²) in [5.41, 5.74) is 1.16. The number of aromatic nitrogens is 2. The van der Waals surface area contributed by atoms with Crippen molar-refractivity contribution in [2.75, 3.05) is 5.75 Å². The number of para-hydroxylation sites is 1. The number of imidazole rings is 1. The van der Waals surface area contributed by atoms with Gasteiger partial charge in [-0.3, -0.25) is 4.79 Å². The molecule has 2 aromatic rings. The first-order valence-electron chi connectivity index (χ1n) is 6.77. The Balaban J connectivity index is 2.39. The number of hydrogen-bond acceptors (Lipinski definition) is 3. The van der Waals surface area contributed by atoms with Crippen molar-refractivity contribution in [2.24, 2.45) is 5.41 Å². The SMILES string of the molecule is CC(C)(C)CCn1c(SCC(=O)O)nc2c(F)cccc21. The van der Waals surface area contributed by atoms with Gasteiger partial charge in [-0.15, -0.1) is 0 Å². The van der Waals surface area contributed by atoms with E-state index < -0.39 is 5.97 Å². The van der Waals surface area contributed by atoms with Crippen molar-refractivity contribution in [2.45, 2.75) is 38.9 Å². The average Bonchev–Trinajstić information content (AvgIpc) is 2.72. The molecule has 4 nitrogen and oxygen atoms in total. The maximum Gasteiger partial charge on any atom is 0.313 e. The summed E-state index contributed by atoms with van der Waals surface area (Å²) in [7, 11) is 0. The van der Waals surface area contributed by atoms with Crippen molar-refractivity contribution >= 4 is 28.8 Å². The lowest BCUT2D eigenvalue weighted by Gasteiger charge is -2.19. The Morgan fingerprint density at radius 1 is 1.43 bits per heavy atom. The normalized spacial score (nSPS) is 12.0. The Hall–Kier alpha value is -1.56.